The zero-order valence-corrected chi connectivity index (χ0v) is 19.9. The predicted octanol–water partition coefficient (Wildman–Crippen LogP) is 3.34. The molecule has 2 fully saturated rings. The number of rotatable bonds is 6. The third kappa shape index (κ3) is 5.20. The zero-order chi connectivity index (χ0) is 21.8. The van der Waals surface area contributed by atoms with Crippen LogP contribution in [0.3, 0.4) is 0 Å². The van der Waals surface area contributed by atoms with E-state index < -0.39 is 0 Å². The number of nitrogens with zero attached hydrogens (tertiary/aromatic N) is 5. The van der Waals surface area contributed by atoms with Crippen LogP contribution in [0.25, 0.3) is 10.6 Å². The first kappa shape index (κ1) is 21.6. The van der Waals surface area contributed by atoms with Crippen molar-refractivity contribution in [2.45, 2.75) is 6.54 Å². The van der Waals surface area contributed by atoms with Crippen molar-refractivity contribution < 1.29 is 4.79 Å². The number of carbonyl (C=O) groups excluding carboxylic acids is 1. The third-order valence-corrected chi connectivity index (χ3v) is 7.99. The topological polar surface area (TPSA) is 42.9 Å². The van der Waals surface area contributed by atoms with Gasteiger partial charge in [-0.05, 0) is 23.6 Å². The molecule has 0 N–H and O–H groups in total. The zero-order valence-electron chi connectivity index (χ0n) is 18.2. The van der Waals surface area contributed by atoms with E-state index >= 15 is 0 Å². The van der Waals surface area contributed by atoms with Crippen LogP contribution >= 0.6 is 22.7 Å². The minimum Gasteiger partial charge on any atom is -0.368 e. The summed E-state index contributed by atoms with van der Waals surface area (Å²) in [4.78, 5) is 28.1. The summed E-state index contributed by atoms with van der Waals surface area (Å²) < 4.78 is 0. The fourth-order valence-corrected chi connectivity index (χ4v) is 5.96. The van der Waals surface area contributed by atoms with Crippen molar-refractivity contribution in [1.29, 1.82) is 0 Å². The van der Waals surface area contributed by atoms with Gasteiger partial charge in [-0.1, -0.05) is 24.3 Å². The monoisotopic (exact) mass is 467 g/mol. The summed E-state index contributed by atoms with van der Waals surface area (Å²) in [7, 11) is 0. The van der Waals surface area contributed by atoms with Crippen LogP contribution in [-0.2, 0) is 11.3 Å². The highest BCUT2D eigenvalue weighted by atomic mass is 32.1. The molecule has 0 atom stereocenters. The van der Waals surface area contributed by atoms with E-state index in [1.165, 1.54) is 15.6 Å². The Kier molecular flexibility index (Phi) is 6.83. The molecule has 0 spiro atoms. The molecule has 2 saturated heterocycles. The second-order valence-corrected chi connectivity index (χ2v) is 10.2. The standard InChI is InChI=1S/C24H29N5OS2/c30-24(29-14-12-28(13-15-29)20-5-2-1-3-6-20)18-27-10-8-26(9-11-27)17-23-25-21(19-32-23)22-7-4-16-31-22/h1-7,16,19H,8-15,17-18H2. The Morgan fingerprint density at radius 2 is 1.59 bits per heavy atom. The van der Waals surface area contributed by atoms with Crippen LogP contribution in [0.2, 0.25) is 0 Å². The van der Waals surface area contributed by atoms with Crippen molar-refractivity contribution in [3.05, 3.63) is 58.2 Å². The van der Waals surface area contributed by atoms with E-state index in [2.05, 4.69) is 61.9 Å². The fourth-order valence-electron chi connectivity index (χ4n) is 4.36. The van der Waals surface area contributed by atoms with Crippen LogP contribution in [0.15, 0.2) is 53.2 Å². The van der Waals surface area contributed by atoms with Crippen LogP contribution in [0, 0.1) is 0 Å². The molecular weight excluding hydrogens is 438 g/mol. The van der Waals surface area contributed by atoms with Gasteiger partial charge < -0.3 is 9.80 Å². The molecular formula is C24H29N5OS2. The Morgan fingerprint density at radius 1 is 0.844 bits per heavy atom. The lowest BCUT2D eigenvalue weighted by molar-refractivity contribution is -0.133. The molecule has 3 aromatic rings. The number of amides is 1. The maximum Gasteiger partial charge on any atom is 0.236 e. The van der Waals surface area contributed by atoms with Crippen LogP contribution < -0.4 is 4.90 Å². The van der Waals surface area contributed by atoms with E-state index in [4.69, 9.17) is 4.98 Å². The molecule has 0 bridgehead atoms. The summed E-state index contributed by atoms with van der Waals surface area (Å²) in [6.07, 6.45) is 0. The predicted molar refractivity (Wildman–Crippen MR) is 132 cm³/mol. The number of carbonyl (C=O) groups is 1. The highest BCUT2D eigenvalue weighted by Crippen LogP contribution is 2.26. The van der Waals surface area contributed by atoms with Crippen molar-refractivity contribution in [1.82, 2.24) is 19.7 Å². The molecule has 0 saturated carbocycles. The first-order valence-corrected chi connectivity index (χ1v) is 13.0. The highest BCUT2D eigenvalue weighted by molar-refractivity contribution is 7.14. The number of thiophene rings is 1. The molecule has 168 valence electrons. The van der Waals surface area contributed by atoms with Gasteiger partial charge in [0.05, 0.1) is 23.7 Å². The van der Waals surface area contributed by atoms with Gasteiger partial charge in [0.25, 0.3) is 0 Å². The first-order valence-electron chi connectivity index (χ1n) is 11.3. The Labute approximate surface area is 197 Å². The van der Waals surface area contributed by atoms with Gasteiger partial charge in [-0.2, -0.15) is 0 Å². The van der Waals surface area contributed by atoms with Crippen LogP contribution in [-0.4, -0.2) is 84.5 Å². The minimum atomic E-state index is 0.270. The molecule has 5 rings (SSSR count). The molecule has 6 nitrogen and oxygen atoms in total. The molecule has 4 heterocycles. The van der Waals surface area contributed by atoms with Gasteiger partial charge in [0, 0.05) is 63.4 Å². The molecule has 1 amide bonds. The fraction of sp³-hybridized carbons (Fsp3) is 0.417. The van der Waals surface area contributed by atoms with Gasteiger partial charge in [0.15, 0.2) is 0 Å². The number of hydrogen-bond acceptors (Lipinski definition) is 7. The molecule has 0 aliphatic carbocycles. The van der Waals surface area contributed by atoms with Gasteiger partial charge >= 0.3 is 0 Å². The van der Waals surface area contributed by atoms with Crippen molar-refractivity contribution in [2.24, 2.45) is 0 Å². The smallest absolute Gasteiger partial charge is 0.236 e. The lowest BCUT2D eigenvalue weighted by Gasteiger charge is -2.38. The van der Waals surface area contributed by atoms with E-state index in [0.29, 0.717) is 6.54 Å². The number of aromatic nitrogens is 1. The number of benzene rings is 1. The molecule has 0 unspecified atom stereocenters. The SMILES string of the molecule is O=C(CN1CCN(Cc2nc(-c3cccs3)cs2)CC1)N1CCN(c2ccccc2)CC1. The average Bonchev–Trinajstić information content (AvgIpc) is 3.53. The quantitative estimate of drug-likeness (QED) is 0.556. The minimum absolute atomic E-state index is 0.270. The van der Waals surface area contributed by atoms with Crippen molar-refractivity contribution in [3.8, 4) is 10.6 Å². The number of hydrogen-bond donors (Lipinski definition) is 0. The van der Waals surface area contributed by atoms with Gasteiger partial charge in [-0.15, -0.1) is 22.7 Å². The second kappa shape index (κ2) is 10.1. The molecule has 0 radical (unpaired) electrons. The molecule has 1 aromatic carbocycles. The van der Waals surface area contributed by atoms with E-state index in [9.17, 15) is 4.79 Å². The third-order valence-electron chi connectivity index (χ3n) is 6.26. The van der Waals surface area contributed by atoms with E-state index in [1.54, 1.807) is 22.7 Å². The normalized spacial score (nSPS) is 18.2. The summed E-state index contributed by atoms with van der Waals surface area (Å²) >= 11 is 3.48. The molecule has 2 aromatic heterocycles. The van der Waals surface area contributed by atoms with Crippen molar-refractivity contribution in [2.75, 3.05) is 63.8 Å². The lowest BCUT2D eigenvalue weighted by atomic mass is 10.2. The number of thiazole rings is 1. The van der Waals surface area contributed by atoms with Crippen LogP contribution in [0.1, 0.15) is 5.01 Å². The summed E-state index contributed by atoms with van der Waals surface area (Å²) in [5.41, 5.74) is 2.34. The Bertz CT molecular complexity index is 991. The summed E-state index contributed by atoms with van der Waals surface area (Å²) in [6, 6.07) is 14.7. The Balaban J connectivity index is 1.05. The summed E-state index contributed by atoms with van der Waals surface area (Å²) in [6.45, 7) is 8.74. The molecule has 2 aliphatic heterocycles. The van der Waals surface area contributed by atoms with Crippen molar-refractivity contribution in [3.63, 3.8) is 0 Å². The Morgan fingerprint density at radius 3 is 2.31 bits per heavy atom. The Hall–Kier alpha value is -2.26. The average molecular weight is 468 g/mol. The van der Waals surface area contributed by atoms with E-state index in [1.807, 2.05) is 11.0 Å². The number of para-hydroxylation sites is 1. The van der Waals surface area contributed by atoms with Gasteiger partial charge in [-0.3, -0.25) is 14.6 Å². The maximum atomic E-state index is 12.8. The van der Waals surface area contributed by atoms with Crippen molar-refractivity contribution >= 4 is 34.3 Å². The summed E-state index contributed by atoms with van der Waals surface area (Å²) in [5.74, 6) is 0.270. The summed E-state index contributed by atoms with van der Waals surface area (Å²) in [5, 5.41) is 5.43. The molecule has 32 heavy (non-hydrogen) atoms. The van der Waals surface area contributed by atoms with Crippen LogP contribution in [0.5, 0.6) is 0 Å². The van der Waals surface area contributed by atoms with E-state index in [0.717, 1.165) is 64.6 Å². The van der Waals surface area contributed by atoms with Gasteiger partial charge in [-0.25, -0.2) is 4.98 Å². The number of anilines is 1. The van der Waals surface area contributed by atoms with E-state index in [-0.39, 0.29) is 5.91 Å². The second-order valence-electron chi connectivity index (χ2n) is 8.36. The lowest BCUT2D eigenvalue weighted by Crippen LogP contribution is -2.53. The van der Waals surface area contributed by atoms with Gasteiger partial charge in [0.1, 0.15) is 5.01 Å². The first-order chi connectivity index (χ1) is 15.7. The largest absolute Gasteiger partial charge is 0.368 e. The highest BCUT2D eigenvalue weighted by Gasteiger charge is 2.25. The number of piperazine rings is 2. The molecule has 8 heteroatoms. The van der Waals surface area contributed by atoms with Crippen LogP contribution in [0.4, 0.5) is 5.69 Å². The molecule has 2 aliphatic rings. The maximum absolute atomic E-state index is 12.8. The van der Waals surface area contributed by atoms with Gasteiger partial charge in [0.2, 0.25) is 5.91 Å².